The van der Waals surface area contributed by atoms with Crippen molar-refractivity contribution in [3.63, 3.8) is 0 Å². The van der Waals surface area contributed by atoms with Gasteiger partial charge in [0.2, 0.25) is 0 Å². The Morgan fingerprint density at radius 2 is 1.17 bits per heavy atom. The molecule has 0 aliphatic heterocycles. The third-order valence-electron chi connectivity index (χ3n) is 9.76. The van der Waals surface area contributed by atoms with Crippen LogP contribution in [0.3, 0.4) is 0 Å². The number of aliphatic carboxylic acids is 1. The zero-order chi connectivity index (χ0) is 37.2. The normalized spacial score (nSPS) is 13.5. The molecule has 5 nitrogen and oxygen atoms in total. The van der Waals surface area contributed by atoms with E-state index in [0.717, 1.165) is 43.2 Å². The van der Waals surface area contributed by atoms with Gasteiger partial charge in [-0.1, -0.05) is 121 Å². The Balaban J connectivity index is 0.000000165. The second kappa shape index (κ2) is 17.5. The molecule has 0 aromatic heterocycles. The summed E-state index contributed by atoms with van der Waals surface area (Å²) in [4.78, 5) is 9.00. The maximum Gasteiger partial charge on any atom is 0.300 e. The molecular weight excluding hydrogens is 657 g/mol. The summed E-state index contributed by atoms with van der Waals surface area (Å²) in [5.74, 6) is 0.985. The highest BCUT2D eigenvalue weighted by Gasteiger charge is 2.20. The largest absolute Gasteiger partial charge is 0.489 e. The van der Waals surface area contributed by atoms with E-state index in [1.54, 1.807) is 0 Å². The fourth-order valence-electron chi connectivity index (χ4n) is 6.85. The van der Waals surface area contributed by atoms with Gasteiger partial charge in [0.1, 0.15) is 24.7 Å². The fraction of sp³-hybridized carbons (Fsp3) is 0.188. The molecule has 8 rings (SSSR count). The summed E-state index contributed by atoms with van der Waals surface area (Å²) in [7, 11) is 0. The van der Waals surface area contributed by atoms with Gasteiger partial charge in [0, 0.05) is 6.92 Å². The number of hydrogen-bond acceptors (Lipinski definition) is 4. The fourth-order valence-corrected chi connectivity index (χ4v) is 6.85. The molecule has 0 amide bonds. The van der Waals surface area contributed by atoms with Crippen molar-refractivity contribution in [3.8, 4) is 33.8 Å². The summed E-state index contributed by atoms with van der Waals surface area (Å²) in [6, 6.07) is 46.2. The zero-order valence-corrected chi connectivity index (χ0v) is 30.6. The number of aliphatic hydroxyl groups excluding tert-OH is 1. The summed E-state index contributed by atoms with van der Waals surface area (Å²) >= 11 is 0. The smallest absolute Gasteiger partial charge is 0.300 e. The van der Waals surface area contributed by atoms with Crippen LogP contribution in [0, 0.1) is 13.8 Å². The van der Waals surface area contributed by atoms with E-state index in [-0.39, 0.29) is 6.10 Å². The number of carboxylic acids is 1. The van der Waals surface area contributed by atoms with Crippen LogP contribution in [-0.2, 0) is 30.8 Å². The molecule has 1 atom stereocenters. The van der Waals surface area contributed by atoms with Crippen LogP contribution in [-0.4, -0.2) is 16.2 Å². The zero-order valence-electron chi connectivity index (χ0n) is 30.6. The maximum atomic E-state index is 9.91. The first-order valence-corrected chi connectivity index (χ1v) is 18.1. The highest BCUT2D eigenvalue weighted by atomic mass is 16.5. The number of fused-ring (bicyclic) bond motifs is 2. The minimum absolute atomic E-state index is 0.311. The molecule has 5 heteroatoms. The molecule has 0 bridgehead atoms. The van der Waals surface area contributed by atoms with Gasteiger partial charge in [0.05, 0.1) is 6.10 Å². The number of benzene rings is 6. The van der Waals surface area contributed by atoms with Gasteiger partial charge in [0.15, 0.2) is 0 Å². The molecule has 0 heterocycles. The monoisotopic (exact) mass is 702 g/mol. The lowest BCUT2D eigenvalue weighted by molar-refractivity contribution is -0.134. The number of carbonyl (C=O) groups is 1. The second-order valence-electron chi connectivity index (χ2n) is 13.4. The average Bonchev–Trinajstić information content (AvgIpc) is 3.80. The minimum Gasteiger partial charge on any atom is -0.489 e. The van der Waals surface area contributed by atoms with Gasteiger partial charge in [-0.15, -0.1) is 0 Å². The van der Waals surface area contributed by atoms with E-state index in [4.69, 9.17) is 19.4 Å². The number of allylic oxidation sites excluding steroid dienone is 1. The van der Waals surface area contributed by atoms with Crippen LogP contribution in [0.15, 0.2) is 140 Å². The van der Waals surface area contributed by atoms with Crippen LogP contribution in [0.1, 0.15) is 64.0 Å². The molecule has 6 aromatic rings. The quantitative estimate of drug-likeness (QED) is 0.165. The molecule has 53 heavy (non-hydrogen) atoms. The van der Waals surface area contributed by atoms with E-state index in [1.807, 2.05) is 18.2 Å². The van der Waals surface area contributed by atoms with Crippen molar-refractivity contribution < 1.29 is 24.5 Å². The van der Waals surface area contributed by atoms with Crippen molar-refractivity contribution in [2.75, 3.05) is 0 Å². The van der Waals surface area contributed by atoms with Crippen molar-refractivity contribution in [2.45, 2.75) is 59.4 Å². The van der Waals surface area contributed by atoms with E-state index >= 15 is 0 Å². The highest BCUT2D eigenvalue weighted by Crippen LogP contribution is 2.34. The number of ether oxygens (including phenoxy) is 2. The maximum absolute atomic E-state index is 9.91. The number of hydrogen-bond donors (Lipinski definition) is 2. The molecular formula is C48H46O5. The van der Waals surface area contributed by atoms with Crippen LogP contribution < -0.4 is 9.47 Å². The van der Waals surface area contributed by atoms with E-state index in [9.17, 15) is 5.11 Å². The lowest BCUT2D eigenvalue weighted by atomic mass is 9.97. The predicted octanol–water partition coefficient (Wildman–Crippen LogP) is 11.1. The first-order valence-electron chi connectivity index (χ1n) is 18.1. The SMILES string of the molecule is CC(=O)O.Cc1c(COc2ccc3c(c2)CC=C3)cccc1-c1ccccc1.Cc1c(COc2ccc3c(c2)CCC3O)cccc1-c1ccccc1. The first-order chi connectivity index (χ1) is 25.8. The van der Waals surface area contributed by atoms with E-state index in [1.165, 1.54) is 61.2 Å². The molecule has 2 aliphatic rings. The van der Waals surface area contributed by atoms with Gasteiger partial charge in [-0.3, -0.25) is 4.79 Å². The molecule has 2 aliphatic carbocycles. The third-order valence-corrected chi connectivity index (χ3v) is 9.76. The second-order valence-corrected chi connectivity index (χ2v) is 13.4. The van der Waals surface area contributed by atoms with Crippen LogP contribution in [0.25, 0.3) is 28.3 Å². The van der Waals surface area contributed by atoms with Crippen LogP contribution >= 0.6 is 0 Å². The van der Waals surface area contributed by atoms with Crippen molar-refractivity contribution in [2.24, 2.45) is 0 Å². The number of carboxylic acid groups (broad SMARTS) is 1. The third kappa shape index (κ3) is 9.50. The Morgan fingerprint density at radius 3 is 1.72 bits per heavy atom. The predicted molar refractivity (Wildman–Crippen MR) is 214 cm³/mol. The van der Waals surface area contributed by atoms with Gasteiger partial charge in [-0.2, -0.15) is 0 Å². The van der Waals surface area contributed by atoms with Crippen molar-refractivity contribution in [1.82, 2.24) is 0 Å². The molecule has 268 valence electrons. The first kappa shape index (κ1) is 36.9. The van der Waals surface area contributed by atoms with Crippen LogP contribution in [0.2, 0.25) is 0 Å². The Labute approximate surface area is 312 Å². The topological polar surface area (TPSA) is 76.0 Å². The van der Waals surface area contributed by atoms with Gasteiger partial charge in [-0.25, -0.2) is 0 Å². The van der Waals surface area contributed by atoms with Crippen molar-refractivity contribution in [1.29, 1.82) is 0 Å². The summed E-state index contributed by atoms with van der Waals surface area (Å²) in [6.07, 6.45) is 6.81. The van der Waals surface area contributed by atoms with Gasteiger partial charge < -0.3 is 19.7 Å². The number of rotatable bonds is 8. The van der Waals surface area contributed by atoms with Crippen LogP contribution in [0.5, 0.6) is 11.5 Å². The Bertz CT molecular complexity index is 2180. The Kier molecular flexibility index (Phi) is 12.2. The molecule has 0 saturated carbocycles. The standard InChI is InChI=1S/C23H22O2.C23H20O.C2H4O2/c1-16-19(8-5-9-21(16)17-6-3-2-4-7-17)15-25-20-11-12-22-18(14-20)10-13-23(22)24;1-17-21(11-6-12-23(17)19-7-3-2-4-8-19)16-24-22-14-13-18-9-5-10-20(18)15-22;1-2(3)4/h2-9,11-12,14,23-24H,10,13,15H2,1H3;2-9,11-15H,10,16H2,1H3;1H3,(H,3,4). The molecule has 2 N–H and O–H groups in total. The molecule has 0 spiro atoms. The molecule has 1 unspecified atom stereocenters. The number of aliphatic hydroxyl groups is 1. The lowest BCUT2D eigenvalue weighted by Gasteiger charge is -2.13. The highest BCUT2D eigenvalue weighted by molar-refractivity contribution is 5.69. The summed E-state index contributed by atoms with van der Waals surface area (Å²) < 4.78 is 12.1. The molecule has 0 saturated heterocycles. The van der Waals surface area contributed by atoms with E-state index in [2.05, 4.69) is 141 Å². The molecule has 0 fully saturated rings. The average molecular weight is 703 g/mol. The van der Waals surface area contributed by atoms with Crippen molar-refractivity contribution in [3.05, 3.63) is 184 Å². The summed E-state index contributed by atoms with van der Waals surface area (Å²) in [5, 5.41) is 17.3. The van der Waals surface area contributed by atoms with E-state index in [0.29, 0.717) is 13.2 Å². The Hall–Kier alpha value is -5.91. The van der Waals surface area contributed by atoms with Crippen LogP contribution in [0.4, 0.5) is 0 Å². The lowest BCUT2D eigenvalue weighted by Crippen LogP contribution is -2.00. The van der Waals surface area contributed by atoms with Gasteiger partial charge in [0.25, 0.3) is 5.97 Å². The summed E-state index contributed by atoms with van der Waals surface area (Å²) in [5.41, 5.74) is 14.9. The summed E-state index contributed by atoms with van der Waals surface area (Å²) in [6.45, 7) is 6.56. The molecule has 6 aromatic carbocycles. The Morgan fingerprint density at radius 1 is 0.660 bits per heavy atom. The van der Waals surface area contributed by atoms with Gasteiger partial charge >= 0.3 is 0 Å². The number of aryl methyl sites for hydroxylation is 1. The van der Waals surface area contributed by atoms with E-state index < -0.39 is 5.97 Å². The van der Waals surface area contributed by atoms with Crippen molar-refractivity contribution >= 4 is 12.0 Å². The minimum atomic E-state index is -0.833. The van der Waals surface area contributed by atoms with Gasteiger partial charge in [-0.05, 0) is 124 Å². The molecule has 0 radical (unpaired) electrons.